The first-order valence-electron chi connectivity index (χ1n) is 5.68. The second-order valence-corrected chi connectivity index (χ2v) is 4.25. The van der Waals surface area contributed by atoms with Crippen molar-refractivity contribution in [2.75, 3.05) is 13.6 Å². The summed E-state index contributed by atoms with van der Waals surface area (Å²) >= 11 is 0. The number of furan rings is 2. The van der Waals surface area contributed by atoms with Gasteiger partial charge in [-0.05, 0) is 32.2 Å². The Kier molecular flexibility index (Phi) is 3.66. The lowest BCUT2D eigenvalue weighted by atomic mass is 10.2. The third kappa shape index (κ3) is 2.78. The highest BCUT2D eigenvalue weighted by Crippen LogP contribution is 2.22. The number of rotatable bonds is 5. The minimum absolute atomic E-state index is 0.0959. The second-order valence-electron chi connectivity index (χ2n) is 4.25. The molecule has 92 valence electrons. The molecule has 17 heavy (non-hydrogen) atoms. The van der Waals surface area contributed by atoms with E-state index >= 15 is 0 Å². The topological polar surface area (TPSA) is 55.5 Å². The second kappa shape index (κ2) is 5.21. The molecule has 4 heteroatoms. The van der Waals surface area contributed by atoms with Crippen molar-refractivity contribution in [3.63, 3.8) is 0 Å². The summed E-state index contributed by atoms with van der Waals surface area (Å²) < 4.78 is 10.7. The van der Waals surface area contributed by atoms with Crippen LogP contribution in [0.2, 0.25) is 0 Å². The van der Waals surface area contributed by atoms with Gasteiger partial charge in [-0.15, -0.1) is 0 Å². The molecule has 1 atom stereocenters. The predicted molar refractivity (Wildman–Crippen MR) is 65.4 cm³/mol. The third-order valence-corrected chi connectivity index (χ3v) is 2.86. The van der Waals surface area contributed by atoms with Crippen molar-refractivity contribution in [2.45, 2.75) is 19.5 Å². The molecule has 0 bridgehead atoms. The normalized spacial score (nSPS) is 13.2. The van der Waals surface area contributed by atoms with Crippen LogP contribution in [0.15, 0.2) is 39.6 Å². The van der Waals surface area contributed by atoms with Gasteiger partial charge in [0.15, 0.2) is 0 Å². The highest BCUT2D eigenvalue weighted by atomic mass is 16.3. The molecule has 0 amide bonds. The van der Waals surface area contributed by atoms with Crippen molar-refractivity contribution in [2.24, 2.45) is 5.73 Å². The number of aryl methyl sites for hydroxylation is 1. The molecule has 4 nitrogen and oxygen atoms in total. The van der Waals surface area contributed by atoms with E-state index in [2.05, 4.69) is 4.90 Å². The molecule has 2 rings (SSSR count). The maximum Gasteiger partial charge on any atom is 0.122 e. The number of hydrogen-bond donors (Lipinski definition) is 1. The molecule has 0 radical (unpaired) electrons. The van der Waals surface area contributed by atoms with E-state index in [9.17, 15) is 0 Å². The Labute approximate surface area is 101 Å². The van der Waals surface area contributed by atoms with Crippen molar-refractivity contribution in [1.82, 2.24) is 4.90 Å². The molecule has 0 aliphatic heterocycles. The molecule has 2 aromatic heterocycles. The molecular weight excluding hydrogens is 216 g/mol. The molecule has 1 unspecified atom stereocenters. The molecule has 0 spiro atoms. The monoisotopic (exact) mass is 234 g/mol. The van der Waals surface area contributed by atoms with Crippen LogP contribution in [0, 0.1) is 6.92 Å². The first kappa shape index (κ1) is 12.0. The lowest BCUT2D eigenvalue weighted by Gasteiger charge is -2.24. The third-order valence-electron chi connectivity index (χ3n) is 2.86. The molecule has 0 aliphatic carbocycles. The average molecular weight is 234 g/mol. The van der Waals surface area contributed by atoms with Gasteiger partial charge in [0.2, 0.25) is 0 Å². The number of nitrogens with two attached hydrogens (primary N) is 1. The Morgan fingerprint density at radius 2 is 2.18 bits per heavy atom. The summed E-state index contributed by atoms with van der Waals surface area (Å²) in [5, 5.41) is 0. The summed E-state index contributed by atoms with van der Waals surface area (Å²) in [5.41, 5.74) is 6.95. The molecule has 0 saturated carbocycles. The van der Waals surface area contributed by atoms with Crippen molar-refractivity contribution in [3.8, 4) is 0 Å². The molecular formula is C13H18N2O2. The van der Waals surface area contributed by atoms with Gasteiger partial charge < -0.3 is 14.6 Å². The lowest BCUT2D eigenvalue weighted by Crippen LogP contribution is -2.29. The van der Waals surface area contributed by atoms with Gasteiger partial charge >= 0.3 is 0 Å². The SMILES string of the molecule is Cc1ccc(C(CN)N(C)Cc2ccoc2)o1. The number of hydrogen-bond acceptors (Lipinski definition) is 4. The summed E-state index contributed by atoms with van der Waals surface area (Å²) in [6.07, 6.45) is 3.43. The fourth-order valence-corrected chi connectivity index (χ4v) is 1.93. The van der Waals surface area contributed by atoms with Crippen LogP contribution in [0.4, 0.5) is 0 Å². The van der Waals surface area contributed by atoms with Crippen LogP contribution in [0.25, 0.3) is 0 Å². The van der Waals surface area contributed by atoms with E-state index in [0.29, 0.717) is 6.54 Å². The van der Waals surface area contributed by atoms with E-state index in [1.54, 1.807) is 12.5 Å². The Bertz CT molecular complexity index is 448. The van der Waals surface area contributed by atoms with E-state index in [4.69, 9.17) is 14.6 Å². The summed E-state index contributed by atoms with van der Waals surface area (Å²) in [6, 6.07) is 6.00. The Morgan fingerprint density at radius 3 is 2.71 bits per heavy atom. The molecule has 2 N–H and O–H groups in total. The van der Waals surface area contributed by atoms with Gasteiger partial charge in [0.1, 0.15) is 11.5 Å². The van der Waals surface area contributed by atoms with Crippen LogP contribution in [-0.4, -0.2) is 18.5 Å². The van der Waals surface area contributed by atoms with Gasteiger partial charge in [-0.1, -0.05) is 0 Å². The summed E-state index contributed by atoms with van der Waals surface area (Å²) in [5.74, 6) is 1.83. The van der Waals surface area contributed by atoms with Gasteiger partial charge in [0, 0.05) is 18.7 Å². The van der Waals surface area contributed by atoms with E-state index in [1.165, 1.54) is 0 Å². The van der Waals surface area contributed by atoms with Crippen molar-refractivity contribution in [1.29, 1.82) is 0 Å². The molecule has 0 aromatic carbocycles. The van der Waals surface area contributed by atoms with Gasteiger partial charge in [0.05, 0.1) is 18.6 Å². The minimum atomic E-state index is 0.0959. The quantitative estimate of drug-likeness (QED) is 0.862. The maximum atomic E-state index is 5.82. The van der Waals surface area contributed by atoms with Crippen LogP contribution in [-0.2, 0) is 6.54 Å². The standard InChI is InChI=1S/C13H18N2O2/c1-10-3-4-13(17-10)12(7-14)15(2)8-11-5-6-16-9-11/h3-6,9,12H,7-8,14H2,1-2H3. The number of likely N-dealkylation sites (N-methyl/N-ethyl adjacent to an activating group) is 1. The summed E-state index contributed by atoms with van der Waals surface area (Å²) in [4.78, 5) is 2.16. The van der Waals surface area contributed by atoms with Crippen molar-refractivity contribution in [3.05, 3.63) is 47.8 Å². The van der Waals surface area contributed by atoms with Crippen LogP contribution >= 0.6 is 0 Å². The lowest BCUT2D eigenvalue weighted by molar-refractivity contribution is 0.210. The zero-order valence-electron chi connectivity index (χ0n) is 10.2. The largest absolute Gasteiger partial charge is 0.472 e. The summed E-state index contributed by atoms with van der Waals surface area (Å²) in [7, 11) is 2.03. The van der Waals surface area contributed by atoms with E-state index < -0.39 is 0 Å². The van der Waals surface area contributed by atoms with Crippen LogP contribution in [0.3, 0.4) is 0 Å². The fourth-order valence-electron chi connectivity index (χ4n) is 1.93. The molecule has 0 saturated heterocycles. The Morgan fingerprint density at radius 1 is 1.35 bits per heavy atom. The van der Waals surface area contributed by atoms with Gasteiger partial charge in [-0.2, -0.15) is 0 Å². The Balaban J connectivity index is 2.07. The van der Waals surface area contributed by atoms with Crippen LogP contribution in [0.1, 0.15) is 23.1 Å². The zero-order chi connectivity index (χ0) is 12.3. The highest BCUT2D eigenvalue weighted by Gasteiger charge is 2.19. The van der Waals surface area contributed by atoms with Gasteiger partial charge in [-0.3, -0.25) is 4.90 Å². The molecule has 2 heterocycles. The van der Waals surface area contributed by atoms with Crippen molar-refractivity contribution >= 4 is 0 Å². The smallest absolute Gasteiger partial charge is 0.122 e. The predicted octanol–water partition coefficient (Wildman–Crippen LogP) is 2.31. The molecule has 0 fully saturated rings. The fraction of sp³-hybridized carbons (Fsp3) is 0.385. The van der Waals surface area contributed by atoms with Crippen molar-refractivity contribution < 1.29 is 8.83 Å². The zero-order valence-corrected chi connectivity index (χ0v) is 10.2. The minimum Gasteiger partial charge on any atom is -0.472 e. The first-order valence-corrected chi connectivity index (χ1v) is 5.68. The van der Waals surface area contributed by atoms with E-state index in [-0.39, 0.29) is 6.04 Å². The van der Waals surface area contributed by atoms with Crippen LogP contribution < -0.4 is 5.73 Å². The molecule has 2 aromatic rings. The first-order chi connectivity index (χ1) is 8.20. The number of nitrogens with zero attached hydrogens (tertiary/aromatic N) is 1. The highest BCUT2D eigenvalue weighted by molar-refractivity contribution is 5.12. The van der Waals surface area contributed by atoms with Gasteiger partial charge in [-0.25, -0.2) is 0 Å². The molecule has 0 aliphatic rings. The van der Waals surface area contributed by atoms with Gasteiger partial charge in [0.25, 0.3) is 0 Å². The van der Waals surface area contributed by atoms with E-state index in [1.807, 2.05) is 32.2 Å². The summed E-state index contributed by atoms with van der Waals surface area (Å²) in [6.45, 7) is 3.26. The maximum absolute atomic E-state index is 5.82. The average Bonchev–Trinajstić information content (AvgIpc) is 2.91. The Hall–Kier alpha value is -1.52. The van der Waals surface area contributed by atoms with E-state index in [0.717, 1.165) is 23.6 Å². The van der Waals surface area contributed by atoms with Crippen LogP contribution in [0.5, 0.6) is 0 Å².